The molecule has 0 aliphatic carbocycles. The summed E-state index contributed by atoms with van der Waals surface area (Å²) in [6, 6.07) is 14.3. The molecule has 7 rings (SSSR count). The van der Waals surface area contributed by atoms with Crippen molar-refractivity contribution in [3.05, 3.63) is 52.7 Å². The van der Waals surface area contributed by atoms with Crippen LogP contribution in [0.15, 0.2) is 41.4 Å². The Morgan fingerprint density at radius 3 is 2.74 bits per heavy atom. The highest BCUT2D eigenvalue weighted by molar-refractivity contribution is 7.17. The van der Waals surface area contributed by atoms with Gasteiger partial charge in [-0.15, -0.1) is 11.3 Å². The second kappa shape index (κ2) is 8.23. The second-order valence-corrected chi connectivity index (χ2v) is 11.6. The molecule has 0 amide bonds. The highest BCUT2D eigenvalue weighted by Gasteiger charge is 2.39. The zero-order valence-electron chi connectivity index (χ0n) is 20.4. The van der Waals surface area contributed by atoms with Crippen LogP contribution in [0.1, 0.15) is 54.9 Å². The third kappa shape index (κ3) is 3.64. The van der Waals surface area contributed by atoms with Gasteiger partial charge in [0.2, 0.25) is 0 Å². The van der Waals surface area contributed by atoms with Gasteiger partial charge in [-0.2, -0.15) is 0 Å². The van der Waals surface area contributed by atoms with E-state index in [4.69, 9.17) is 9.98 Å². The van der Waals surface area contributed by atoms with Gasteiger partial charge < -0.3 is 15.6 Å². The van der Waals surface area contributed by atoms with E-state index in [0.717, 1.165) is 42.9 Å². The molecule has 3 aliphatic heterocycles. The summed E-state index contributed by atoms with van der Waals surface area (Å²) < 4.78 is 0. The van der Waals surface area contributed by atoms with Crippen molar-refractivity contribution in [1.82, 2.24) is 25.9 Å². The van der Waals surface area contributed by atoms with Crippen LogP contribution in [0.5, 0.6) is 0 Å². The van der Waals surface area contributed by atoms with Crippen LogP contribution in [0, 0.1) is 6.92 Å². The van der Waals surface area contributed by atoms with Gasteiger partial charge in [-0.25, -0.2) is 4.98 Å². The molecule has 3 atom stereocenters. The summed E-state index contributed by atoms with van der Waals surface area (Å²) in [5.41, 5.74) is 5.77. The number of nitrogens with one attached hydrogen (secondary N) is 4. The number of aliphatic imine (C=N–C) groups is 1. The van der Waals surface area contributed by atoms with E-state index in [2.05, 4.69) is 71.2 Å². The minimum Gasteiger partial charge on any atom is -0.341 e. The van der Waals surface area contributed by atoms with E-state index in [9.17, 15) is 0 Å². The first-order valence-corrected chi connectivity index (χ1v) is 13.7. The fraction of sp³-hybridized carbons (Fsp3) is 0.429. The minimum absolute atomic E-state index is 0.200. The van der Waals surface area contributed by atoms with Crippen molar-refractivity contribution in [3.8, 4) is 10.4 Å². The first-order chi connectivity index (χ1) is 17.1. The third-order valence-electron chi connectivity index (χ3n) is 8.06. The Balaban J connectivity index is 1.22. The number of hydrogen-bond acceptors (Lipinski definition) is 6. The maximum atomic E-state index is 5.18. The van der Waals surface area contributed by atoms with Gasteiger partial charge >= 0.3 is 0 Å². The number of nitrogens with zero attached hydrogens (tertiary/aromatic N) is 2. The van der Waals surface area contributed by atoms with Gasteiger partial charge in [0, 0.05) is 22.8 Å². The first kappa shape index (κ1) is 21.7. The van der Waals surface area contributed by atoms with Crippen molar-refractivity contribution in [2.24, 2.45) is 4.99 Å². The molecule has 0 radical (unpaired) electrons. The van der Waals surface area contributed by atoms with Crippen LogP contribution in [0.2, 0.25) is 0 Å². The average Bonchev–Trinajstić information content (AvgIpc) is 3.68. The number of aryl methyl sites for hydroxylation is 1. The van der Waals surface area contributed by atoms with Gasteiger partial charge in [0.05, 0.1) is 27.7 Å². The normalized spacial score (nSPS) is 26.9. The smallest absolute Gasteiger partial charge is 0.124 e. The highest BCUT2D eigenvalue weighted by Crippen LogP contribution is 2.37. The Bertz CT molecular complexity index is 1450. The first-order valence-electron chi connectivity index (χ1n) is 12.9. The number of imidazole rings is 1. The summed E-state index contributed by atoms with van der Waals surface area (Å²) in [4.78, 5) is 16.3. The molecule has 2 aromatic carbocycles. The van der Waals surface area contributed by atoms with Crippen LogP contribution in [0.4, 0.5) is 0 Å². The van der Waals surface area contributed by atoms with Crippen LogP contribution in [-0.2, 0) is 0 Å². The Morgan fingerprint density at radius 1 is 1.03 bits per heavy atom. The van der Waals surface area contributed by atoms with Crippen molar-refractivity contribution in [1.29, 1.82) is 0 Å². The largest absolute Gasteiger partial charge is 0.341 e. The van der Waals surface area contributed by atoms with E-state index in [1.807, 2.05) is 11.3 Å². The molecule has 0 bridgehead atoms. The Morgan fingerprint density at radius 2 is 1.91 bits per heavy atom. The lowest BCUT2D eigenvalue weighted by atomic mass is 10.0. The molecule has 6 nitrogen and oxygen atoms in total. The highest BCUT2D eigenvalue weighted by atomic mass is 32.1. The summed E-state index contributed by atoms with van der Waals surface area (Å²) in [6.45, 7) is 7.46. The summed E-state index contributed by atoms with van der Waals surface area (Å²) in [6.07, 6.45) is 4.79. The lowest BCUT2D eigenvalue weighted by Crippen LogP contribution is -2.51. The zero-order chi connectivity index (χ0) is 23.6. The molecule has 2 saturated heterocycles. The summed E-state index contributed by atoms with van der Waals surface area (Å²) >= 11 is 1.86. The third-order valence-corrected chi connectivity index (χ3v) is 9.40. The zero-order valence-corrected chi connectivity index (χ0v) is 21.2. The SMILES string of the molecule is Cc1cc(C2=NC(C)(C3CCCN3)NC2)sc1-c1ccc2c(ccc3[nH]c(C4CCCN4)nc32)c1. The monoisotopic (exact) mass is 484 g/mol. The van der Waals surface area contributed by atoms with Gasteiger partial charge in [0.1, 0.15) is 11.5 Å². The fourth-order valence-corrected chi connectivity index (χ4v) is 7.24. The Labute approximate surface area is 209 Å². The number of aromatic nitrogens is 2. The minimum atomic E-state index is -0.200. The number of aromatic amines is 1. The van der Waals surface area contributed by atoms with E-state index in [-0.39, 0.29) is 5.66 Å². The summed E-state index contributed by atoms with van der Waals surface area (Å²) in [5.74, 6) is 1.07. The molecule has 2 fully saturated rings. The molecule has 7 heteroatoms. The maximum Gasteiger partial charge on any atom is 0.124 e. The molecular weight excluding hydrogens is 452 g/mol. The van der Waals surface area contributed by atoms with Gasteiger partial charge in [-0.05, 0) is 87.3 Å². The topological polar surface area (TPSA) is 77.1 Å². The number of rotatable bonds is 4. The van der Waals surface area contributed by atoms with Crippen molar-refractivity contribution < 1.29 is 0 Å². The van der Waals surface area contributed by atoms with E-state index < -0.39 is 0 Å². The van der Waals surface area contributed by atoms with Gasteiger partial charge in [0.15, 0.2) is 0 Å². The number of hydrogen-bond donors (Lipinski definition) is 4. The van der Waals surface area contributed by atoms with E-state index >= 15 is 0 Å². The number of benzene rings is 2. The molecule has 0 spiro atoms. The summed E-state index contributed by atoms with van der Waals surface area (Å²) in [5, 5.41) is 13.3. The molecular formula is C28H32N6S. The summed E-state index contributed by atoms with van der Waals surface area (Å²) in [7, 11) is 0. The average molecular weight is 485 g/mol. The molecule has 4 N–H and O–H groups in total. The number of thiophene rings is 1. The van der Waals surface area contributed by atoms with E-state index in [0.29, 0.717) is 12.1 Å². The van der Waals surface area contributed by atoms with Crippen molar-refractivity contribution >= 4 is 38.9 Å². The van der Waals surface area contributed by atoms with Crippen molar-refractivity contribution in [2.75, 3.05) is 19.6 Å². The lowest BCUT2D eigenvalue weighted by Gasteiger charge is -2.28. The van der Waals surface area contributed by atoms with Gasteiger partial charge in [0.25, 0.3) is 0 Å². The van der Waals surface area contributed by atoms with Gasteiger partial charge in [-0.3, -0.25) is 10.3 Å². The number of H-pyrrole nitrogens is 1. The molecule has 35 heavy (non-hydrogen) atoms. The quantitative estimate of drug-likeness (QED) is 0.327. The molecule has 3 unspecified atom stereocenters. The molecule has 3 aliphatic rings. The molecule has 180 valence electrons. The predicted molar refractivity (Wildman–Crippen MR) is 146 cm³/mol. The van der Waals surface area contributed by atoms with Crippen LogP contribution in [0.3, 0.4) is 0 Å². The second-order valence-electron chi connectivity index (χ2n) is 10.5. The van der Waals surface area contributed by atoms with Crippen molar-refractivity contribution in [3.63, 3.8) is 0 Å². The van der Waals surface area contributed by atoms with Crippen LogP contribution < -0.4 is 16.0 Å². The molecule has 5 heterocycles. The molecule has 4 aromatic rings. The molecule has 2 aromatic heterocycles. The van der Waals surface area contributed by atoms with Crippen LogP contribution in [0.25, 0.3) is 32.2 Å². The standard InChI is InChI=1S/C28H32N6S/c1-16-13-23(22-15-31-28(2,34-22)24-6-4-12-30-24)35-26(16)18-7-9-19-17(14-18)8-10-20-25(19)33-27(32-20)21-5-3-11-29-21/h7-10,13-14,21,24,29-31H,3-6,11-12,15H2,1-2H3,(H,32,33). The van der Waals surface area contributed by atoms with Crippen LogP contribution in [-0.4, -0.2) is 47.0 Å². The number of fused-ring (bicyclic) bond motifs is 3. The van der Waals surface area contributed by atoms with Crippen molar-refractivity contribution in [2.45, 2.75) is 57.3 Å². The van der Waals surface area contributed by atoms with E-state index in [1.165, 1.54) is 56.6 Å². The Kier molecular flexibility index (Phi) is 5.10. The predicted octanol–water partition coefficient (Wildman–Crippen LogP) is 5.04. The van der Waals surface area contributed by atoms with E-state index in [1.54, 1.807) is 0 Å². The lowest BCUT2D eigenvalue weighted by molar-refractivity contribution is 0.313. The van der Waals surface area contributed by atoms with Crippen LogP contribution >= 0.6 is 11.3 Å². The Hall–Kier alpha value is -2.58. The fourth-order valence-electron chi connectivity index (χ4n) is 6.09. The molecule has 0 saturated carbocycles. The van der Waals surface area contributed by atoms with Gasteiger partial charge in [-0.1, -0.05) is 18.2 Å². The maximum absolute atomic E-state index is 5.18.